The third-order valence-electron chi connectivity index (χ3n) is 4.51. The van der Waals surface area contributed by atoms with Crippen LogP contribution in [0.3, 0.4) is 0 Å². The molecular weight excluding hydrogens is 505 g/mol. The maximum Gasteiger partial charge on any atom is 0.491 e. The first-order valence-corrected chi connectivity index (χ1v) is 11.4. The molecule has 1 unspecified atom stereocenters. The monoisotopic (exact) mass is 530 g/mol. The summed E-state index contributed by atoms with van der Waals surface area (Å²) in [5.41, 5.74) is 1.11. The number of aromatic nitrogens is 1. The van der Waals surface area contributed by atoms with Gasteiger partial charge in [-0.3, -0.25) is 9.78 Å². The van der Waals surface area contributed by atoms with Gasteiger partial charge in [-0.1, -0.05) is 18.5 Å². The highest BCUT2D eigenvalue weighted by Gasteiger charge is 2.43. The second-order valence-corrected chi connectivity index (χ2v) is 8.32. The van der Waals surface area contributed by atoms with E-state index in [0.29, 0.717) is 23.6 Å². The first-order chi connectivity index (χ1) is 16.9. The molecule has 0 aliphatic rings. The number of pyridine rings is 1. The summed E-state index contributed by atoms with van der Waals surface area (Å²) >= 11 is 6.19. The van der Waals surface area contributed by atoms with Crippen LogP contribution in [0, 0.1) is 0 Å². The number of benzene rings is 1. The molecule has 0 aliphatic carbocycles. The molecule has 196 valence electrons. The van der Waals surface area contributed by atoms with Crippen LogP contribution in [0.2, 0.25) is 5.02 Å². The van der Waals surface area contributed by atoms with Gasteiger partial charge in [-0.15, -0.1) is 0 Å². The highest BCUT2D eigenvalue weighted by molar-refractivity contribution is 6.34. The lowest BCUT2D eigenvalue weighted by Gasteiger charge is -2.19. The molecule has 36 heavy (non-hydrogen) atoms. The highest BCUT2D eigenvalue weighted by Crippen LogP contribution is 2.23. The molecule has 1 aromatic carbocycles. The van der Waals surface area contributed by atoms with Gasteiger partial charge in [-0.25, -0.2) is 9.59 Å². The number of halogens is 4. The second kappa shape index (κ2) is 13.2. The highest BCUT2D eigenvalue weighted by atomic mass is 35.5. The Kier molecular flexibility index (Phi) is 10.7. The number of nitrogens with one attached hydrogen (secondary N) is 1. The molecule has 0 saturated carbocycles. The van der Waals surface area contributed by atoms with E-state index in [4.69, 9.17) is 21.1 Å². The van der Waals surface area contributed by atoms with Crippen LogP contribution >= 0.6 is 11.6 Å². The summed E-state index contributed by atoms with van der Waals surface area (Å²) in [6.07, 6.45) is -5.27. The van der Waals surface area contributed by atoms with Gasteiger partial charge < -0.3 is 19.5 Å². The van der Waals surface area contributed by atoms with E-state index >= 15 is 0 Å². The number of amides is 1. The third-order valence-corrected chi connectivity index (χ3v) is 4.83. The fourth-order valence-corrected chi connectivity index (χ4v) is 3.21. The summed E-state index contributed by atoms with van der Waals surface area (Å²) in [5, 5.41) is 2.89. The quantitative estimate of drug-likeness (QED) is 0.339. The average Bonchev–Trinajstić information content (AvgIpc) is 2.80. The molecule has 12 heteroatoms. The minimum atomic E-state index is -5.31. The minimum absolute atomic E-state index is 0.00377. The number of alkyl halides is 3. The maximum absolute atomic E-state index is 12.6. The Labute approximate surface area is 211 Å². The van der Waals surface area contributed by atoms with E-state index in [-0.39, 0.29) is 23.6 Å². The summed E-state index contributed by atoms with van der Waals surface area (Å²) in [5.74, 6) is -3.99. The van der Waals surface area contributed by atoms with E-state index in [1.807, 2.05) is 6.92 Å². The molecule has 1 N–H and O–H groups in total. The van der Waals surface area contributed by atoms with Crippen LogP contribution in [0.25, 0.3) is 0 Å². The van der Waals surface area contributed by atoms with Crippen molar-refractivity contribution in [2.75, 3.05) is 6.61 Å². The molecule has 1 heterocycles. The van der Waals surface area contributed by atoms with Crippen LogP contribution in [0.4, 0.5) is 13.2 Å². The number of esters is 2. The third kappa shape index (κ3) is 9.12. The molecule has 2 rings (SSSR count). The number of carbonyl (C=O) groups is 3. The van der Waals surface area contributed by atoms with Crippen LogP contribution in [-0.2, 0) is 32.0 Å². The molecule has 0 radical (unpaired) electrons. The molecule has 1 amide bonds. The molecule has 0 aliphatic heterocycles. The summed E-state index contributed by atoms with van der Waals surface area (Å²) in [7, 11) is 0. The predicted octanol–water partition coefficient (Wildman–Crippen LogP) is 4.42. The SMILES string of the molecule is CCCOc1ccc(C(=O)NCc2cc(CC(OC(C)C)C(=O)OC(=O)C(F)(F)F)ccn2)c(Cl)c1. The van der Waals surface area contributed by atoms with Crippen molar-refractivity contribution in [1.29, 1.82) is 0 Å². The van der Waals surface area contributed by atoms with Crippen molar-refractivity contribution in [2.24, 2.45) is 0 Å². The number of ether oxygens (including phenoxy) is 3. The van der Waals surface area contributed by atoms with Gasteiger partial charge in [0.15, 0.2) is 6.10 Å². The molecule has 0 bridgehead atoms. The molecule has 2 aromatic rings. The van der Waals surface area contributed by atoms with Gasteiger partial charge >= 0.3 is 18.1 Å². The number of rotatable bonds is 11. The normalized spacial score (nSPS) is 12.2. The lowest BCUT2D eigenvalue weighted by molar-refractivity contribution is -0.205. The van der Waals surface area contributed by atoms with Crippen molar-refractivity contribution in [3.63, 3.8) is 0 Å². The van der Waals surface area contributed by atoms with Crippen molar-refractivity contribution in [3.8, 4) is 5.75 Å². The van der Waals surface area contributed by atoms with Crippen molar-refractivity contribution in [2.45, 2.75) is 58.5 Å². The summed E-state index contributed by atoms with van der Waals surface area (Å²) in [6.45, 7) is 5.64. The molecule has 1 atom stereocenters. The maximum atomic E-state index is 12.6. The van der Waals surface area contributed by atoms with Crippen LogP contribution < -0.4 is 10.1 Å². The van der Waals surface area contributed by atoms with Crippen LogP contribution in [-0.4, -0.2) is 47.8 Å². The van der Waals surface area contributed by atoms with Gasteiger partial charge in [0, 0.05) is 12.6 Å². The Morgan fingerprint density at radius 2 is 1.86 bits per heavy atom. The Bertz CT molecular complexity index is 1080. The van der Waals surface area contributed by atoms with E-state index in [1.54, 1.807) is 32.0 Å². The first kappa shape index (κ1) is 29.1. The minimum Gasteiger partial charge on any atom is -0.494 e. The molecule has 0 fully saturated rings. The fraction of sp³-hybridized carbons (Fsp3) is 0.417. The van der Waals surface area contributed by atoms with Crippen LogP contribution in [0.15, 0.2) is 36.5 Å². The summed E-state index contributed by atoms with van der Waals surface area (Å²) in [6, 6.07) is 7.77. The molecular formula is C24H26ClF3N2O6. The molecule has 8 nitrogen and oxygen atoms in total. The zero-order chi connectivity index (χ0) is 26.9. The number of hydrogen-bond acceptors (Lipinski definition) is 7. The first-order valence-electron chi connectivity index (χ1n) is 11.0. The second-order valence-electron chi connectivity index (χ2n) is 7.91. The zero-order valence-corrected chi connectivity index (χ0v) is 20.6. The lowest BCUT2D eigenvalue weighted by Crippen LogP contribution is -2.36. The van der Waals surface area contributed by atoms with Crippen molar-refractivity contribution in [3.05, 3.63) is 58.4 Å². The molecule has 0 saturated heterocycles. The molecule has 0 spiro atoms. The average molecular weight is 531 g/mol. The van der Waals surface area contributed by atoms with Crippen molar-refractivity contribution in [1.82, 2.24) is 10.3 Å². The van der Waals surface area contributed by atoms with Gasteiger partial charge in [0.25, 0.3) is 5.91 Å². The van der Waals surface area contributed by atoms with Gasteiger partial charge in [0.1, 0.15) is 5.75 Å². The Balaban J connectivity index is 2.05. The van der Waals surface area contributed by atoms with Crippen LogP contribution in [0.1, 0.15) is 48.8 Å². The van der Waals surface area contributed by atoms with E-state index in [2.05, 4.69) is 15.0 Å². The van der Waals surface area contributed by atoms with Gasteiger partial charge in [-0.05, 0) is 56.2 Å². The Morgan fingerprint density at radius 3 is 2.47 bits per heavy atom. The Morgan fingerprint density at radius 1 is 1.14 bits per heavy atom. The number of hydrogen-bond donors (Lipinski definition) is 1. The van der Waals surface area contributed by atoms with Crippen LogP contribution in [0.5, 0.6) is 5.75 Å². The fourth-order valence-electron chi connectivity index (χ4n) is 2.95. The van der Waals surface area contributed by atoms with E-state index in [9.17, 15) is 27.6 Å². The van der Waals surface area contributed by atoms with Gasteiger partial charge in [-0.2, -0.15) is 13.2 Å². The lowest BCUT2D eigenvalue weighted by atomic mass is 10.1. The topological polar surface area (TPSA) is 104 Å². The number of carbonyl (C=O) groups excluding carboxylic acids is 3. The van der Waals surface area contributed by atoms with E-state index in [1.165, 1.54) is 18.3 Å². The number of nitrogens with zero attached hydrogens (tertiary/aromatic N) is 1. The molecule has 1 aromatic heterocycles. The van der Waals surface area contributed by atoms with Crippen molar-refractivity contribution < 1.29 is 41.8 Å². The largest absolute Gasteiger partial charge is 0.494 e. The van der Waals surface area contributed by atoms with Crippen molar-refractivity contribution >= 4 is 29.4 Å². The smallest absolute Gasteiger partial charge is 0.491 e. The standard InChI is InChI=1S/C24H26ClF3N2O6/c1-4-9-34-17-5-6-18(19(25)12-17)21(31)30-13-16-10-15(7-8-29-16)11-20(35-14(2)3)22(32)36-23(33)24(26,27)28/h5-8,10,12,14,20H,4,9,11,13H2,1-3H3,(H,30,31). The predicted molar refractivity (Wildman–Crippen MR) is 124 cm³/mol. The zero-order valence-electron chi connectivity index (χ0n) is 19.9. The summed E-state index contributed by atoms with van der Waals surface area (Å²) in [4.78, 5) is 39.9. The van der Waals surface area contributed by atoms with E-state index in [0.717, 1.165) is 6.42 Å². The van der Waals surface area contributed by atoms with Gasteiger partial charge in [0.05, 0.1) is 35.5 Å². The van der Waals surface area contributed by atoms with E-state index < -0.39 is 36.2 Å². The van der Waals surface area contributed by atoms with Gasteiger partial charge in [0.2, 0.25) is 0 Å². The summed E-state index contributed by atoms with van der Waals surface area (Å²) < 4.78 is 52.1. The Hall–Kier alpha value is -3.18.